The van der Waals surface area contributed by atoms with E-state index in [1.807, 2.05) is 48.9 Å². The van der Waals surface area contributed by atoms with Crippen LogP contribution in [0, 0.1) is 13.8 Å². The van der Waals surface area contributed by atoms with Crippen molar-refractivity contribution in [3.63, 3.8) is 0 Å². The van der Waals surface area contributed by atoms with E-state index < -0.39 is 0 Å². The molecule has 9 heteroatoms. The third kappa shape index (κ3) is 5.06. The molecule has 0 saturated heterocycles. The van der Waals surface area contributed by atoms with E-state index in [0.717, 1.165) is 22.0 Å². The Morgan fingerprint density at radius 1 is 0.969 bits per heavy atom. The Morgan fingerprint density at radius 2 is 1.75 bits per heavy atom. The molecule has 2 N–H and O–H groups in total. The average Bonchev–Trinajstić information content (AvgIpc) is 3.13. The van der Waals surface area contributed by atoms with E-state index in [1.54, 1.807) is 48.4 Å². The van der Waals surface area contributed by atoms with Gasteiger partial charge in [-0.25, -0.2) is 19.7 Å². The SMILES string of the molecule is CSc1cccc(NC(=O)Nc2ccc(Oc3cc(-n4cnc(C)c4C)ncn3)cc2)c1. The Morgan fingerprint density at radius 3 is 2.47 bits per heavy atom. The average molecular weight is 447 g/mol. The first kappa shape index (κ1) is 21.4. The maximum atomic E-state index is 12.3. The first-order valence-electron chi connectivity index (χ1n) is 9.85. The highest BCUT2D eigenvalue weighted by Gasteiger charge is 2.09. The van der Waals surface area contributed by atoms with Gasteiger partial charge in [-0.05, 0) is 62.6 Å². The van der Waals surface area contributed by atoms with Crippen molar-refractivity contribution in [3.8, 4) is 17.4 Å². The minimum Gasteiger partial charge on any atom is -0.439 e. The molecule has 0 aliphatic rings. The molecule has 0 unspecified atom stereocenters. The van der Waals surface area contributed by atoms with Gasteiger partial charge in [-0.3, -0.25) is 4.57 Å². The number of imidazole rings is 1. The number of ether oxygens (including phenoxy) is 1. The van der Waals surface area contributed by atoms with Crippen LogP contribution in [0.1, 0.15) is 11.4 Å². The largest absolute Gasteiger partial charge is 0.439 e. The monoisotopic (exact) mass is 446 g/mol. The second-order valence-corrected chi connectivity index (χ2v) is 7.82. The number of hydrogen-bond donors (Lipinski definition) is 2. The highest BCUT2D eigenvalue weighted by Crippen LogP contribution is 2.23. The lowest BCUT2D eigenvalue weighted by Crippen LogP contribution is -2.19. The van der Waals surface area contributed by atoms with Gasteiger partial charge in [-0.15, -0.1) is 11.8 Å². The maximum absolute atomic E-state index is 12.3. The smallest absolute Gasteiger partial charge is 0.323 e. The van der Waals surface area contributed by atoms with Gasteiger partial charge in [0.15, 0.2) is 0 Å². The molecule has 4 aromatic rings. The zero-order chi connectivity index (χ0) is 22.5. The Labute approximate surface area is 190 Å². The number of carbonyl (C=O) groups excluding carboxylic acids is 1. The zero-order valence-electron chi connectivity index (χ0n) is 17.9. The molecule has 0 atom stereocenters. The topological polar surface area (TPSA) is 94.0 Å². The van der Waals surface area contributed by atoms with Crippen molar-refractivity contribution in [2.45, 2.75) is 18.7 Å². The van der Waals surface area contributed by atoms with Gasteiger partial charge in [0.05, 0.1) is 5.69 Å². The summed E-state index contributed by atoms with van der Waals surface area (Å²) in [4.78, 5) is 26.1. The zero-order valence-corrected chi connectivity index (χ0v) is 18.7. The van der Waals surface area contributed by atoms with E-state index in [1.165, 1.54) is 6.33 Å². The van der Waals surface area contributed by atoms with Crippen molar-refractivity contribution in [1.29, 1.82) is 0 Å². The molecular formula is C23H22N6O2S. The number of anilines is 2. The molecule has 0 fully saturated rings. The molecule has 0 spiro atoms. The highest BCUT2D eigenvalue weighted by molar-refractivity contribution is 7.98. The Hall–Kier alpha value is -3.85. The number of benzene rings is 2. The summed E-state index contributed by atoms with van der Waals surface area (Å²) >= 11 is 1.62. The van der Waals surface area contributed by atoms with Gasteiger partial charge in [0.1, 0.15) is 24.2 Å². The van der Waals surface area contributed by atoms with E-state index in [0.29, 0.717) is 23.1 Å². The van der Waals surface area contributed by atoms with Gasteiger partial charge in [0.2, 0.25) is 5.88 Å². The number of thioether (sulfide) groups is 1. The van der Waals surface area contributed by atoms with Crippen molar-refractivity contribution < 1.29 is 9.53 Å². The fourth-order valence-electron chi connectivity index (χ4n) is 2.97. The van der Waals surface area contributed by atoms with Gasteiger partial charge >= 0.3 is 6.03 Å². The molecule has 0 saturated carbocycles. The summed E-state index contributed by atoms with van der Waals surface area (Å²) in [6, 6.07) is 16.1. The van der Waals surface area contributed by atoms with Crippen molar-refractivity contribution in [3.05, 3.63) is 78.6 Å². The van der Waals surface area contributed by atoms with Crippen LogP contribution >= 0.6 is 11.8 Å². The van der Waals surface area contributed by atoms with E-state index in [2.05, 4.69) is 25.6 Å². The number of aromatic nitrogens is 4. The summed E-state index contributed by atoms with van der Waals surface area (Å²) in [5.74, 6) is 1.67. The molecule has 8 nitrogen and oxygen atoms in total. The van der Waals surface area contributed by atoms with E-state index in [4.69, 9.17) is 4.74 Å². The lowest BCUT2D eigenvalue weighted by atomic mass is 10.3. The van der Waals surface area contributed by atoms with Crippen molar-refractivity contribution in [2.24, 2.45) is 0 Å². The van der Waals surface area contributed by atoms with E-state index in [-0.39, 0.29) is 6.03 Å². The molecule has 2 heterocycles. The minimum atomic E-state index is -0.316. The van der Waals surface area contributed by atoms with Gasteiger partial charge in [0.25, 0.3) is 0 Å². The van der Waals surface area contributed by atoms with Crippen LogP contribution in [0.25, 0.3) is 5.82 Å². The lowest BCUT2D eigenvalue weighted by molar-refractivity contribution is 0.262. The molecule has 0 aliphatic heterocycles. The third-order valence-electron chi connectivity index (χ3n) is 4.79. The lowest BCUT2D eigenvalue weighted by Gasteiger charge is -2.10. The van der Waals surface area contributed by atoms with E-state index in [9.17, 15) is 4.79 Å². The molecule has 2 amide bonds. The van der Waals surface area contributed by atoms with Crippen molar-refractivity contribution >= 4 is 29.2 Å². The van der Waals surface area contributed by atoms with Crippen LogP contribution in [-0.4, -0.2) is 31.8 Å². The van der Waals surface area contributed by atoms with Gasteiger partial charge < -0.3 is 15.4 Å². The predicted octanol–water partition coefficient (Wildman–Crippen LogP) is 5.44. The number of aryl methyl sites for hydroxylation is 1. The van der Waals surface area contributed by atoms with Gasteiger partial charge in [-0.1, -0.05) is 6.07 Å². The molecule has 0 radical (unpaired) electrons. The summed E-state index contributed by atoms with van der Waals surface area (Å²) in [6.07, 6.45) is 5.16. The number of nitrogens with one attached hydrogen (secondary N) is 2. The van der Waals surface area contributed by atoms with Crippen LogP contribution in [0.15, 0.2) is 72.1 Å². The first-order valence-corrected chi connectivity index (χ1v) is 11.1. The second kappa shape index (κ2) is 9.52. The van der Waals surface area contributed by atoms with E-state index >= 15 is 0 Å². The third-order valence-corrected chi connectivity index (χ3v) is 5.51. The number of urea groups is 1. The number of carbonyl (C=O) groups is 1. The number of rotatable bonds is 6. The fraction of sp³-hybridized carbons (Fsp3) is 0.130. The number of hydrogen-bond acceptors (Lipinski definition) is 6. The minimum absolute atomic E-state index is 0.316. The van der Waals surface area contributed by atoms with Crippen LogP contribution in [0.2, 0.25) is 0 Å². The summed E-state index contributed by atoms with van der Waals surface area (Å²) in [5, 5.41) is 5.64. The Balaban J connectivity index is 1.39. The number of amides is 2. The number of nitrogens with zero attached hydrogens (tertiary/aromatic N) is 4. The van der Waals surface area contributed by atoms with Crippen LogP contribution in [0.5, 0.6) is 11.6 Å². The summed E-state index contributed by atoms with van der Waals surface area (Å²) in [7, 11) is 0. The van der Waals surface area contributed by atoms with Gasteiger partial charge in [0, 0.05) is 28.0 Å². The molecule has 32 heavy (non-hydrogen) atoms. The Kier molecular flexibility index (Phi) is 6.37. The molecule has 2 aromatic carbocycles. The molecule has 0 bridgehead atoms. The summed E-state index contributed by atoms with van der Waals surface area (Å²) < 4.78 is 7.73. The normalized spacial score (nSPS) is 10.6. The second-order valence-electron chi connectivity index (χ2n) is 6.94. The van der Waals surface area contributed by atoms with Crippen LogP contribution in [0.3, 0.4) is 0 Å². The van der Waals surface area contributed by atoms with Crippen LogP contribution < -0.4 is 15.4 Å². The van der Waals surface area contributed by atoms with Crippen molar-refractivity contribution in [2.75, 3.05) is 16.9 Å². The van der Waals surface area contributed by atoms with Gasteiger partial charge in [-0.2, -0.15) is 0 Å². The molecular weight excluding hydrogens is 424 g/mol. The standard InChI is InChI=1S/C23H22N6O2S/c1-15-16(2)29(14-26-15)21-12-22(25-13-24-21)31-19-9-7-17(8-10-19)27-23(30)28-18-5-4-6-20(11-18)32-3/h4-14H,1-3H3,(H2,27,28,30). The molecule has 0 aliphatic carbocycles. The maximum Gasteiger partial charge on any atom is 0.323 e. The quantitative estimate of drug-likeness (QED) is 0.383. The first-order chi connectivity index (χ1) is 15.5. The van der Waals surface area contributed by atoms with Crippen LogP contribution in [0.4, 0.5) is 16.2 Å². The summed E-state index contributed by atoms with van der Waals surface area (Å²) in [5.41, 5.74) is 3.32. The fourth-order valence-corrected chi connectivity index (χ4v) is 3.43. The highest BCUT2D eigenvalue weighted by atomic mass is 32.2. The molecule has 162 valence electrons. The molecule has 4 rings (SSSR count). The van der Waals surface area contributed by atoms with Crippen molar-refractivity contribution in [1.82, 2.24) is 19.5 Å². The molecule has 2 aromatic heterocycles. The Bertz CT molecular complexity index is 1240. The predicted molar refractivity (Wildman–Crippen MR) is 126 cm³/mol. The summed E-state index contributed by atoms with van der Waals surface area (Å²) in [6.45, 7) is 3.92. The van der Waals surface area contributed by atoms with Crippen LogP contribution in [-0.2, 0) is 0 Å².